The first-order valence-electron chi connectivity index (χ1n) is 15.8. The van der Waals surface area contributed by atoms with Crippen LogP contribution in [0.2, 0.25) is 0 Å². The van der Waals surface area contributed by atoms with Crippen LogP contribution in [-0.4, -0.2) is 60.1 Å². The third-order valence-corrected chi connectivity index (χ3v) is 10.4. The molecule has 232 valence electrons. The van der Waals surface area contributed by atoms with Crippen LogP contribution in [0.4, 0.5) is 5.69 Å². The van der Waals surface area contributed by atoms with Gasteiger partial charge in [-0.15, -0.1) is 0 Å². The van der Waals surface area contributed by atoms with E-state index >= 15 is 4.79 Å². The quantitative estimate of drug-likeness (QED) is 0.476. The van der Waals surface area contributed by atoms with Crippen molar-refractivity contribution >= 4 is 35.2 Å². The average molecular weight is 600 g/mol. The van der Waals surface area contributed by atoms with Crippen LogP contribution in [-0.2, 0) is 30.5 Å². The van der Waals surface area contributed by atoms with Crippen molar-refractivity contribution < 1.29 is 28.7 Å². The maximum absolute atomic E-state index is 15.1. The van der Waals surface area contributed by atoms with E-state index in [-0.39, 0.29) is 30.1 Å². The predicted molar refractivity (Wildman–Crippen MR) is 163 cm³/mol. The molecule has 4 saturated carbocycles. The van der Waals surface area contributed by atoms with E-state index in [1.54, 1.807) is 29.2 Å². The molecule has 1 aliphatic heterocycles. The number of ether oxygens (including phenoxy) is 1. The van der Waals surface area contributed by atoms with E-state index in [2.05, 4.69) is 5.32 Å². The maximum atomic E-state index is 15.1. The first kappa shape index (κ1) is 30.0. The molecule has 7 rings (SSSR count). The van der Waals surface area contributed by atoms with Gasteiger partial charge in [0.2, 0.25) is 17.7 Å². The number of carbonyl (C=O) groups is 5. The molecule has 4 aliphatic carbocycles. The van der Waals surface area contributed by atoms with Crippen molar-refractivity contribution in [2.24, 2.45) is 23.2 Å². The Morgan fingerprint density at radius 3 is 2.14 bits per heavy atom. The first-order valence-corrected chi connectivity index (χ1v) is 15.8. The Morgan fingerprint density at radius 1 is 0.909 bits per heavy atom. The highest BCUT2D eigenvalue weighted by molar-refractivity contribution is 6.10. The van der Waals surface area contributed by atoms with E-state index < -0.39 is 36.4 Å². The number of esters is 1. The molecule has 2 atom stereocenters. The number of carbonyl (C=O) groups excluding carboxylic acids is 5. The van der Waals surface area contributed by atoms with Crippen molar-refractivity contribution in [2.75, 3.05) is 18.6 Å². The lowest BCUT2D eigenvalue weighted by Crippen LogP contribution is -2.60. The van der Waals surface area contributed by atoms with Gasteiger partial charge in [-0.1, -0.05) is 42.5 Å². The number of Topliss-reactive ketones (excluding diaryl/α,β-unsaturated/α-hetero) is 1. The van der Waals surface area contributed by atoms with Gasteiger partial charge in [0.05, 0.1) is 19.3 Å². The number of rotatable bonds is 7. The molecule has 9 nitrogen and oxygen atoms in total. The molecule has 0 saturated heterocycles. The van der Waals surface area contributed by atoms with E-state index in [0.717, 1.165) is 24.8 Å². The summed E-state index contributed by atoms with van der Waals surface area (Å²) in [5.41, 5.74) is 1.58. The molecule has 4 bridgehead atoms. The Bertz CT molecular complexity index is 1420. The third kappa shape index (κ3) is 5.88. The van der Waals surface area contributed by atoms with Gasteiger partial charge in [-0.2, -0.15) is 0 Å². The smallest absolute Gasteiger partial charge is 0.325 e. The molecule has 2 aromatic carbocycles. The van der Waals surface area contributed by atoms with Gasteiger partial charge in [0.25, 0.3) is 0 Å². The summed E-state index contributed by atoms with van der Waals surface area (Å²) in [4.78, 5) is 71.3. The summed E-state index contributed by atoms with van der Waals surface area (Å²) in [6.45, 7) is 1.17. The molecule has 4 fully saturated rings. The standard InChI is InChI=1S/C35H41N3O6/c1-22(39)38-29(33(42)36-20-32(41)44-2)15-31(40)27-10-6-7-11-28(27)37(21-23-8-4-3-5-9-23)34(43)30(38)19-35-16-24-12-25(17-35)14-26(13-24)18-35/h3-11,24-26,29-30H,12-21H2,1-2H3,(H,36,42)/t24?,25?,26?,29-,30+,35?/m0/s1. The fourth-order valence-corrected chi connectivity index (χ4v) is 9.04. The number of hydrogen-bond donors (Lipinski definition) is 1. The van der Waals surface area contributed by atoms with Crippen molar-refractivity contribution in [3.05, 3.63) is 65.7 Å². The van der Waals surface area contributed by atoms with Crippen molar-refractivity contribution in [1.82, 2.24) is 10.2 Å². The summed E-state index contributed by atoms with van der Waals surface area (Å²) in [7, 11) is 1.22. The number of hydrogen-bond acceptors (Lipinski definition) is 6. The number of fused-ring (bicyclic) bond motifs is 1. The number of nitrogens with zero attached hydrogens (tertiary/aromatic N) is 2. The second-order valence-electron chi connectivity index (χ2n) is 13.4. The lowest BCUT2D eigenvalue weighted by atomic mass is 9.48. The van der Waals surface area contributed by atoms with Crippen molar-refractivity contribution in [2.45, 2.75) is 76.9 Å². The molecule has 0 aromatic heterocycles. The van der Waals surface area contributed by atoms with Gasteiger partial charge < -0.3 is 19.9 Å². The number of amides is 3. The van der Waals surface area contributed by atoms with Crippen molar-refractivity contribution in [3.8, 4) is 0 Å². The van der Waals surface area contributed by atoms with Gasteiger partial charge >= 0.3 is 5.97 Å². The average Bonchev–Trinajstić information content (AvgIpc) is 3.03. The first-order chi connectivity index (χ1) is 21.2. The number of para-hydroxylation sites is 1. The summed E-state index contributed by atoms with van der Waals surface area (Å²) in [5, 5.41) is 2.56. The molecule has 9 heteroatoms. The highest BCUT2D eigenvalue weighted by Crippen LogP contribution is 2.62. The van der Waals surface area contributed by atoms with Crippen LogP contribution in [0.3, 0.4) is 0 Å². The monoisotopic (exact) mass is 599 g/mol. The Labute approximate surface area is 258 Å². The van der Waals surface area contributed by atoms with Crippen LogP contribution in [0, 0.1) is 23.2 Å². The van der Waals surface area contributed by atoms with E-state index in [1.165, 1.54) is 38.2 Å². The van der Waals surface area contributed by atoms with Gasteiger partial charge in [-0.3, -0.25) is 24.0 Å². The van der Waals surface area contributed by atoms with Crippen LogP contribution in [0.5, 0.6) is 0 Å². The van der Waals surface area contributed by atoms with E-state index in [4.69, 9.17) is 4.74 Å². The van der Waals surface area contributed by atoms with Crippen molar-refractivity contribution in [1.29, 1.82) is 0 Å². The van der Waals surface area contributed by atoms with Crippen LogP contribution in [0.25, 0.3) is 0 Å². The fourth-order valence-electron chi connectivity index (χ4n) is 9.04. The zero-order chi connectivity index (χ0) is 31.0. The minimum absolute atomic E-state index is 0.105. The summed E-state index contributed by atoms with van der Waals surface area (Å²) >= 11 is 0. The SMILES string of the molecule is COC(=O)CNC(=O)[C@@H]1CC(=O)c2ccccc2N(Cc2ccccc2)C(=O)[C@@H](CC23CC4CC(CC(C4)C2)C3)N1C(C)=O. The summed E-state index contributed by atoms with van der Waals surface area (Å²) < 4.78 is 4.70. The highest BCUT2D eigenvalue weighted by atomic mass is 16.5. The minimum Gasteiger partial charge on any atom is -0.468 e. The summed E-state index contributed by atoms with van der Waals surface area (Å²) in [6, 6.07) is 14.3. The Hall–Kier alpha value is -4.01. The highest BCUT2D eigenvalue weighted by Gasteiger charge is 2.54. The number of nitrogens with one attached hydrogen (secondary N) is 1. The van der Waals surface area contributed by atoms with E-state index in [0.29, 0.717) is 35.4 Å². The summed E-state index contributed by atoms with van der Waals surface area (Å²) in [5.74, 6) is -0.538. The Kier molecular flexibility index (Phi) is 8.31. The molecule has 0 spiro atoms. The topological polar surface area (TPSA) is 113 Å². The van der Waals surface area contributed by atoms with Gasteiger partial charge in [-0.05, 0) is 85.8 Å². The Morgan fingerprint density at radius 2 is 1.52 bits per heavy atom. The maximum Gasteiger partial charge on any atom is 0.325 e. The second-order valence-corrected chi connectivity index (χ2v) is 13.4. The molecular formula is C35H41N3O6. The predicted octanol–water partition coefficient (Wildman–Crippen LogP) is 4.29. The number of anilines is 1. The zero-order valence-electron chi connectivity index (χ0n) is 25.5. The molecule has 1 N–H and O–H groups in total. The molecule has 0 radical (unpaired) electrons. The minimum atomic E-state index is -1.27. The van der Waals surface area contributed by atoms with Gasteiger partial charge in [0.1, 0.15) is 18.6 Å². The number of benzene rings is 2. The lowest BCUT2D eigenvalue weighted by molar-refractivity contribution is -0.150. The van der Waals surface area contributed by atoms with Crippen LogP contribution in [0.15, 0.2) is 54.6 Å². The fraction of sp³-hybridized carbons (Fsp3) is 0.514. The normalized spacial score (nSPS) is 29.4. The molecular weight excluding hydrogens is 558 g/mol. The molecule has 44 heavy (non-hydrogen) atoms. The molecule has 1 heterocycles. The molecule has 0 unspecified atom stereocenters. The van der Waals surface area contributed by atoms with Gasteiger partial charge in [0.15, 0.2) is 5.78 Å². The lowest BCUT2D eigenvalue weighted by Gasteiger charge is -2.58. The van der Waals surface area contributed by atoms with Crippen LogP contribution in [0.1, 0.15) is 74.2 Å². The third-order valence-electron chi connectivity index (χ3n) is 10.4. The van der Waals surface area contributed by atoms with E-state index in [1.807, 2.05) is 30.3 Å². The van der Waals surface area contributed by atoms with Crippen LogP contribution >= 0.6 is 0 Å². The van der Waals surface area contributed by atoms with Crippen molar-refractivity contribution in [3.63, 3.8) is 0 Å². The second kappa shape index (κ2) is 12.2. The molecule has 2 aromatic rings. The van der Waals surface area contributed by atoms with Gasteiger partial charge in [-0.25, -0.2) is 0 Å². The number of methoxy groups -OCH3 is 1. The number of ketones is 1. The molecule has 5 aliphatic rings. The van der Waals surface area contributed by atoms with Crippen LogP contribution < -0.4 is 10.2 Å². The summed E-state index contributed by atoms with van der Waals surface area (Å²) in [6.07, 6.45) is 6.87. The zero-order valence-corrected chi connectivity index (χ0v) is 25.5. The largest absolute Gasteiger partial charge is 0.468 e. The van der Waals surface area contributed by atoms with Gasteiger partial charge in [0, 0.05) is 18.9 Å². The van der Waals surface area contributed by atoms with E-state index in [9.17, 15) is 19.2 Å². The Balaban J connectivity index is 1.46. The molecule has 3 amide bonds.